The first-order chi connectivity index (χ1) is 12.1. The minimum atomic E-state index is -0.479. The molecule has 4 heteroatoms. The third-order valence-electron chi connectivity index (χ3n) is 5.09. The Morgan fingerprint density at radius 2 is 1.84 bits per heavy atom. The first-order valence-corrected chi connectivity index (χ1v) is 8.85. The number of aryl methyl sites for hydroxylation is 1. The summed E-state index contributed by atoms with van der Waals surface area (Å²) >= 11 is 0. The van der Waals surface area contributed by atoms with Crippen molar-refractivity contribution in [1.82, 2.24) is 5.32 Å². The molecule has 2 aromatic carbocycles. The van der Waals surface area contributed by atoms with Gasteiger partial charge in [0.15, 0.2) is 0 Å². The van der Waals surface area contributed by atoms with E-state index in [2.05, 4.69) is 48.6 Å². The number of ether oxygens (including phenoxy) is 1. The number of nitrogens with one attached hydrogen (secondary N) is 1. The van der Waals surface area contributed by atoms with Crippen LogP contribution in [0.3, 0.4) is 0 Å². The number of benzene rings is 2. The van der Waals surface area contributed by atoms with Crippen molar-refractivity contribution >= 4 is 5.91 Å². The zero-order chi connectivity index (χ0) is 17.7. The van der Waals surface area contributed by atoms with E-state index in [1.54, 1.807) is 0 Å². The summed E-state index contributed by atoms with van der Waals surface area (Å²) < 4.78 is 5.38. The molecule has 1 fully saturated rings. The second-order valence-corrected chi connectivity index (χ2v) is 6.85. The van der Waals surface area contributed by atoms with Crippen LogP contribution in [0.4, 0.5) is 0 Å². The van der Waals surface area contributed by atoms with Gasteiger partial charge in [-0.1, -0.05) is 48.0 Å². The van der Waals surface area contributed by atoms with Crippen LogP contribution in [0.2, 0.25) is 0 Å². The van der Waals surface area contributed by atoms with Gasteiger partial charge in [0.25, 0.3) is 0 Å². The van der Waals surface area contributed by atoms with Crippen LogP contribution in [0.1, 0.15) is 24.0 Å². The summed E-state index contributed by atoms with van der Waals surface area (Å²) in [6.07, 6.45) is 1.39. The van der Waals surface area contributed by atoms with Gasteiger partial charge in [-0.3, -0.25) is 4.79 Å². The lowest BCUT2D eigenvalue weighted by Gasteiger charge is -2.34. The largest absolute Gasteiger partial charge is 0.381 e. The Bertz CT molecular complexity index is 719. The van der Waals surface area contributed by atoms with Gasteiger partial charge in [0.2, 0.25) is 5.91 Å². The number of rotatable bonds is 5. The fourth-order valence-electron chi connectivity index (χ4n) is 3.26. The van der Waals surface area contributed by atoms with Crippen molar-refractivity contribution in [2.24, 2.45) is 11.1 Å². The van der Waals surface area contributed by atoms with Gasteiger partial charge in [0, 0.05) is 26.3 Å². The van der Waals surface area contributed by atoms with Gasteiger partial charge in [-0.25, -0.2) is 0 Å². The van der Waals surface area contributed by atoms with Crippen LogP contribution >= 0.6 is 0 Å². The molecule has 3 rings (SSSR count). The van der Waals surface area contributed by atoms with E-state index < -0.39 is 5.41 Å². The van der Waals surface area contributed by atoms with E-state index in [4.69, 9.17) is 10.5 Å². The molecule has 0 radical (unpaired) electrons. The predicted molar refractivity (Wildman–Crippen MR) is 100 cm³/mol. The number of nitrogens with two attached hydrogens (primary N) is 1. The van der Waals surface area contributed by atoms with Crippen LogP contribution in [0.25, 0.3) is 11.1 Å². The Morgan fingerprint density at radius 1 is 1.12 bits per heavy atom. The maximum atomic E-state index is 12.7. The van der Waals surface area contributed by atoms with Crippen molar-refractivity contribution < 1.29 is 9.53 Å². The molecular weight excluding hydrogens is 312 g/mol. The summed E-state index contributed by atoms with van der Waals surface area (Å²) in [6.45, 7) is 4.17. The fourth-order valence-corrected chi connectivity index (χ4v) is 3.26. The van der Waals surface area contributed by atoms with Gasteiger partial charge in [-0.2, -0.15) is 0 Å². The molecule has 1 saturated heterocycles. The maximum Gasteiger partial charge on any atom is 0.227 e. The van der Waals surface area contributed by atoms with Crippen molar-refractivity contribution in [1.29, 1.82) is 0 Å². The van der Waals surface area contributed by atoms with Crippen molar-refractivity contribution in [3.05, 3.63) is 59.7 Å². The third kappa shape index (κ3) is 4.09. The molecule has 25 heavy (non-hydrogen) atoms. The number of carbonyl (C=O) groups is 1. The summed E-state index contributed by atoms with van der Waals surface area (Å²) in [5, 5.41) is 3.07. The topological polar surface area (TPSA) is 64.4 Å². The van der Waals surface area contributed by atoms with Crippen LogP contribution < -0.4 is 11.1 Å². The van der Waals surface area contributed by atoms with E-state index >= 15 is 0 Å². The van der Waals surface area contributed by atoms with Crippen LogP contribution in [0, 0.1) is 12.3 Å². The summed E-state index contributed by atoms with van der Waals surface area (Å²) in [5.74, 6) is 0.0408. The van der Waals surface area contributed by atoms with Crippen molar-refractivity contribution in [2.75, 3.05) is 19.8 Å². The highest BCUT2D eigenvalue weighted by Crippen LogP contribution is 2.29. The zero-order valence-corrected chi connectivity index (χ0v) is 14.8. The predicted octanol–water partition coefficient (Wildman–Crippen LogP) is 3.03. The molecule has 132 valence electrons. The van der Waals surface area contributed by atoms with Gasteiger partial charge >= 0.3 is 0 Å². The average molecular weight is 338 g/mol. The molecule has 0 aliphatic carbocycles. The highest BCUT2D eigenvalue weighted by molar-refractivity contribution is 5.83. The molecule has 0 unspecified atom stereocenters. The standard InChI is InChI=1S/C21H26N2O2/c1-16-5-7-18(8-6-16)19-4-2-3-17(13-19)14-23-20(24)21(15-22)9-11-25-12-10-21/h2-8,13H,9-12,14-15,22H2,1H3,(H,23,24). The number of amides is 1. The molecule has 1 aliphatic heterocycles. The molecule has 2 aromatic rings. The highest BCUT2D eigenvalue weighted by atomic mass is 16.5. The van der Waals surface area contributed by atoms with Gasteiger partial charge in [0.1, 0.15) is 0 Å². The van der Waals surface area contributed by atoms with Crippen LogP contribution in [-0.2, 0) is 16.1 Å². The summed E-state index contributed by atoms with van der Waals surface area (Å²) in [4.78, 5) is 12.7. The monoisotopic (exact) mass is 338 g/mol. The summed E-state index contributed by atoms with van der Waals surface area (Å²) in [5.41, 5.74) is 10.1. The van der Waals surface area contributed by atoms with Crippen LogP contribution in [-0.4, -0.2) is 25.7 Å². The normalized spacial score (nSPS) is 16.4. The van der Waals surface area contributed by atoms with Gasteiger partial charge < -0.3 is 15.8 Å². The minimum absolute atomic E-state index is 0.0408. The molecule has 3 N–H and O–H groups in total. The Hall–Kier alpha value is -2.17. The second-order valence-electron chi connectivity index (χ2n) is 6.85. The lowest BCUT2D eigenvalue weighted by Crippen LogP contribution is -2.48. The maximum absolute atomic E-state index is 12.7. The van der Waals surface area contributed by atoms with E-state index in [9.17, 15) is 4.79 Å². The Kier molecular flexibility index (Phi) is 5.51. The minimum Gasteiger partial charge on any atom is -0.381 e. The van der Waals surface area contributed by atoms with Gasteiger partial charge in [-0.05, 0) is 42.5 Å². The molecule has 1 heterocycles. The molecule has 1 aliphatic rings. The second kappa shape index (κ2) is 7.81. The molecule has 0 atom stereocenters. The SMILES string of the molecule is Cc1ccc(-c2cccc(CNC(=O)C3(CN)CCOCC3)c2)cc1. The van der Waals surface area contributed by atoms with E-state index in [0.29, 0.717) is 39.1 Å². The lowest BCUT2D eigenvalue weighted by molar-refractivity contribution is -0.136. The number of hydrogen-bond acceptors (Lipinski definition) is 3. The summed E-state index contributed by atoms with van der Waals surface area (Å²) in [7, 11) is 0. The van der Waals surface area contributed by atoms with E-state index in [1.807, 2.05) is 12.1 Å². The quantitative estimate of drug-likeness (QED) is 0.881. The summed E-state index contributed by atoms with van der Waals surface area (Å²) in [6, 6.07) is 16.8. The lowest BCUT2D eigenvalue weighted by atomic mass is 9.79. The van der Waals surface area contributed by atoms with Crippen molar-refractivity contribution in [3.8, 4) is 11.1 Å². The van der Waals surface area contributed by atoms with Gasteiger partial charge in [0.05, 0.1) is 5.41 Å². The Labute approximate surface area is 149 Å². The van der Waals surface area contributed by atoms with Crippen LogP contribution in [0.15, 0.2) is 48.5 Å². The molecule has 4 nitrogen and oxygen atoms in total. The van der Waals surface area contributed by atoms with E-state index in [1.165, 1.54) is 11.1 Å². The molecule has 0 saturated carbocycles. The van der Waals surface area contributed by atoms with Gasteiger partial charge in [-0.15, -0.1) is 0 Å². The van der Waals surface area contributed by atoms with E-state index in [0.717, 1.165) is 11.1 Å². The van der Waals surface area contributed by atoms with Crippen molar-refractivity contribution in [2.45, 2.75) is 26.3 Å². The molecule has 0 spiro atoms. The first-order valence-electron chi connectivity index (χ1n) is 8.85. The molecule has 1 amide bonds. The molecular formula is C21H26N2O2. The Morgan fingerprint density at radius 3 is 2.52 bits per heavy atom. The van der Waals surface area contributed by atoms with E-state index in [-0.39, 0.29) is 5.91 Å². The highest BCUT2D eigenvalue weighted by Gasteiger charge is 2.38. The average Bonchev–Trinajstić information content (AvgIpc) is 2.67. The molecule has 0 bridgehead atoms. The van der Waals surface area contributed by atoms with Crippen molar-refractivity contribution in [3.63, 3.8) is 0 Å². The Balaban J connectivity index is 1.68. The number of carbonyl (C=O) groups excluding carboxylic acids is 1. The number of hydrogen-bond donors (Lipinski definition) is 2. The first kappa shape index (κ1) is 17.6. The third-order valence-corrected chi connectivity index (χ3v) is 5.09. The zero-order valence-electron chi connectivity index (χ0n) is 14.8. The van der Waals surface area contributed by atoms with Crippen LogP contribution in [0.5, 0.6) is 0 Å². The smallest absolute Gasteiger partial charge is 0.227 e. The fraction of sp³-hybridized carbons (Fsp3) is 0.381. The molecule has 0 aromatic heterocycles.